The number of aromatic nitrogens is 4. The predicted molar refractivity (Wildman–Crippen MR) is 97.2 cm³/mol. The summed E-state index contributed by atoms with van der Waals surface area (Å²) in [6.07, 6.45) is -4.52. The van der Waals surface area contributed by atoms with Gasteiger partial charge in [-0.05, 0) is 19.4 Å². The fourth-order valence-corrected chi connectivity index (χ4v) is 3.19. The molecule has 0 spiro atoms. The minimum Gasteiger partial charge on any atom is -0.368 e. The van der Waals surface area contributed by atoms with E-state index in [1.807, 2.05) is 0 Å². The van der Waals surface area contributed by atoms with Gasteiger partial charge in [-0.1, -0.05) is 0 Å². The summed E-state index contributed by atoms with van der Waals surface area (Å²) in [6, 6.07) is 0. The highest BCUT2D eigenvalue weighted by Gasteiger charge is 2.38. The van der Waals surface area contributed by atoms with Crippen LogP contribution in [0.15, 0.2) is 0 Å². The molecule has 1 saturated heterocycles. The Morgan fingerprint density at radius 1 is 1.03 bits per heavy atom. The first-order chi connectivity index (χ1) is 13.6. The minimum atomic E-state index is -4.68. The van der Waals surface area contributed by atoms with Gasteiger partial charge in [0.05, 0.1) is 0 Å². The van der Waals surface area contributed by atoms with Gasteiger partial charge in [-0.3, -0.25) is 9.59 Å². The second-order valence-electron chi connectivity index (χ2n) is 6.92. The quantitative estimate of drug-likeness (QED) is 0.811. The molecule has 0 saturated carbocycles. The zero-order valence-electron chi connectivity index (χ0n) is 16.4. The van der Waals surface area contributed by atoms with Crippen LogP contribution in [0.4, 0.5) is 19.0 Å². The van der Waals surface area contributed by atoms with Gasteiger partial charge in [0, 0.05) is 51.6 Å². The molecule has 1 aliphatic rings. The van der Waals surface area contributed by atoms with Crippen molar-refractivity contribution in [2.75, 3.05) is 38.0 Å². The summed E-state index contributed by atoms with van der Waals surface area (Å²) in [4.78, 5) is 27.1. The molecule has 12 heteroatoms. The molecule has 1 aliphatic heterocycles. The molecule has 3 heterocycles. The molecule has 158 valence electrons. The first kappa shape index (κ1) is 20.8. The van der Waals surface area contributed by atoms with Crippen molar-refractivity contribution in [2.45, 2.75) is 33.4 Å². The monoisotopic (exact) mass is 413 g/mol. The molecule has 2 amide bonds. The standard InChI is InChI=1S/C17H22F3N7O2/c1-10-11(2)15-22-23-16(17(18,19)20)27(15)24-14(10)21-5-4-13(29)26-8-6-25(7-9-26)12(3)28/h4-9H2,1-3H3,(H,21,24). The van der Waals surface area contributed by atoms with Gasteiger partial charge in [0.2, 0.25) is 11.8 Å². The van der Waals surface area contributed by atoms with E-state index in [1.54, 1.807) is 23.6 Å². The fraction of sp³-hybridized carbons (Fsp3) is 0.588. The van der Waals surface area contributed by atoms with E-state index in [-0.39, 0.29) is 36.2 Å². The van der Waals surface area contributed by atoms with Gasteiger partial charge in [-0.2, -0.15) is 17.7 Å². The van der Waals surface area contributed by atoms with E-state index in [9.17, 15) is 22.8 Å². The van der Waals surface area contributed by atoms with E-state index < -0.39 is 12.0 Å². The third-order valence-corrected chi connectivity index (χ3v) is 5.06. The van der Waals surface area contributed by atoms with Crippen molar-refractivity contribution in [3.05, 3.63) is 17.0 Å². The van der Waals surface area contributed by atoms with Crippen molar-refractivity contribution in [1.82, 2.24) is 29.6 Å². The highest BCUT2D eigenvalue weighted by atomic mass is 19.4. The zero-order valence-corrected chi connectivity index (χ0v) is 16.4. The number of aryl methyl sites for hydroxylation is 1. The molecule has 0 aromatic carbocycles. The molecule has 2 aromatic rings. The van der Waals surface area contributed by atoms with Crippen LogP contribution in [-0.2, 0) is 15.8 Å². The molecule has 0 atom stereocenters. The molecular formula is C17H22F3N7O2. The number of anilines is 1. The average molecular weight is 413 g/mol. The molecule has 0 bridgehead atoms. The molecule has 3 rings (SSSR count). The Bertz CT molecular complexity index is 933. The van der Waals surface area contributed by atoms with Crippen LogP contribution in [0.1, 0.15) is 30.3 Å². The molecule has 9 nitrogen and oxygen atoms in total. The average Bonchev–Trinajstić information content (AvgIpc) is 3.10. The second kappa shape index (κ2) is 7.84. The van der Waals surface area contributed by atoms with Gasteiger partial charge in [0.25, 0.3) is 5.82 Å². The van der Waals surface area contributed by atoms with Crippen molar-refractivity contribution >= 4 is 23.3 Å². The normalized spacial score (nSPS) is 15.1. The Morgan fingerprint density at radius 3 is 2.24 bits per heavy atom. The molecule has 2 aromatic heterocycles. The lowest BCUT2D eigenvalue weighted by atomic mass is 10.2. The van der Waals surface area contributed by atoms with E-state index in [2.05, 4.69) is 20.6 Å². The molecule has 0 radical (unpaired) electrons. The first-order valence-electron chi connectivity index (χ1n) is 9.16. The number of hydrogen-bond donors (Lipinski definition) is 1. The van der Waals surface area contributed by atoms with Crippen molar-refractivity contribution < 1.29 is 22.8 Å². The summed E-state index contributed by atoms with van der Waals surface area (Å²) in [5.74, 6) is -1.05. The molecule has 0 aliphatic carbocycles. The summed E-state index contributed by atoms with van der Waals surface area (Å²) in [7, 11) is 0. The minimum absolute atomic E-state index is 0.0155. The Morgan fingerprint density at radius 2 is 1.66 bits per heavy atom. The number of carbonyl (C=O) groups is 2. The van der Waals surface area contributed by atoms with Crippen molar-refractivity contribution in [3.63, 3.8) is 0 Å². The lowest BCUT2D eigenvalue weighted by Crippen LogP contribution is -2.50. The van der Waals surface area contributed by atoms with Crippen LogP contribution in [0.3, 0.4) is 0 Å². The maximum absolute atomic E-state index is 13.1. The Labute approximate surface area is 164 Å². The van der Waals surface area contributed by atoms with E-state index in [1.165, 1.54) is 6.92 Å². The van der Waals surface area contributed by atoms with Crippen LogP contribution in [0.25, 0.3) is 5.65 Å². The molecule has 0 unspecified atom stereocenters. The van der Waals surface area contributed by atoms with Gasteiger partial charge in [-0.25, -0.2) is 0 Å². The Kier molecular flexibility index (Phi) is 5.62. The molecule has 1 fully saturated rings. The number of amides is 2. The number of halogens is 3. The van der Waals surface area contributed by atoms with E-state index in [0.717, 1.165) is 0 Å². The number of nitrogens with one attached hydrogen (secondary N) is 1. The number of piperazine rings is 1. The zero-order chi connectivity index (χ0) is 21.3. The first-order valence-corrected chi connectivity index (χ1v) is 9.16. The summed E-state index contributed by atoms with van der Waals surface area (Å²) < 4.78 is 40.0. The highest BCUT2D eigenvalue weighted by molar-refractivity contribution is 5.78. The fourth-order valence-electron chi connectivity index (χ4n) is 3.19. The third-order valence-electron chi connectivity index (χ3n) is 5.06. The lowest BCUT2D eigenvalue weighted by Gasteiger charge is -2.34. The van der Waals surface area contributed by atoms with Gasteiger partial charge in [0.1, 0.15) is 5.82 Å². The number of rotatable bonds is 4. The highest BCUT2D eigenvalue weighted by Crippen LogP contribution is 2.29. The van der Waals surface area contributed by atoms with E-state index in [0.29, 0.717) is 41.8 Å². The summed E-state index contributed by atoms with van der Waals surface area (Å²) >= 11 is 0. The predicted octanol–water partition coefficient (Wildman–Crippen LogP) is 1.25. The third kappa shape index (κ3) is 4.25. The van der Waals surface area contributed by atoms with Gasteiger partial charge in [-0.15, -0.1) is 15.3 Å². The van der Waals surface area contributed by atoms with Crippen molar-refractivity contribution in [2.24, 2.45) is 0 Å². The van der Waals surface area contributed by atoms with Crippen LogP contribution in [-0.4, -0.2) is 74.1 Å². The van der Waals surface area contributed by atoms with Crippen LogP contribution in [0, 0.1) is 13.8 Å². The number of nitrogens with zero attached hydrogens (tertiary/aromatic N) is 6. The maximum atomic E-state index is 13.1. The lowest BCUT2D eigenvalue weighted by molar-refractivity contribution is -0.146. The van der Waals surface area contributed by atoms with Gasteiger partial charge < -0.3 is 15.1 Å². The Balaban J connectivity index is 1.66. The van der Waals surface area contributed by atoms with E-state index >= 15 is 0 Å². The van der Waals surface area contributed by atoms with Crippen LogP contribution < -0.4 is 5.32 Å². The van der Waals surface area contributed by atoms with Crippen LogP contribution >= 0.6 is 0 Å². The van der Waals surface area contributed by atoms with E-state index in [4.69, 9.17) is 0 Å². The molecule has 29 heavy (non-hydrogen) atoms. The molecule has 1 N–H and O–H groups in total. The second-order valence-corrected chi connectivity index (χ2v) is 6.92. The number of fused-ring (bicyclic) bond motifs is 1. The summed E-state index contributed by atoms with van der Waals surface area (Å²) in [6.45, 7) is 7.01. The summed E-state index contributed by atoms with van der Waals surface area (Å²) in [5, 5.41) is 13.7. The number of hydrogen-bond acceptors (Lipinski definition) is 6. The maximum Gasteiger partial charge on any atom is 0.453 e. The van der Waals surface area contributed by atoms with Crippen LogP contribution in [0.5, 0.6) is 0 Å². The SMILES string of the molecule is CC(=O)N1CCN(C(=O)CCNc2nn3c(C(F)(F)F)nnc3c(C)c2C)CC1. The van der Waals surface area contributed by atoms with Gasteiger partial charge >= 0.3 is 6.18 Å². The Hall–Kier alpha value is -2.92. The smallest absolute Gasteiger partial charge is 0.368 e. The summed E-state index contributed by atoms with van der Waals surface area (Å²) in [5.41, 5.74) is 1.21. The molecular weight excluding hydrogens is 391 g/mol. The van der Waals surface area contributed by atoms with Crippen LogP contribution in [0.2, 0.25) is 0 Å². The largest absolute Gasteiger partial charge is 0.453 e. The number of carbonyl (C=O) groups excluding carboxylic acids is 2. The van der Waals surface area contributed by atoms with Crippen molar-refractivity contribution in [1.29, 1.82) is 0 Å². The van der Waals surface area contributed by atoms with Crippen molar-refractivity contribution in [3.8, 4) is 0 Å². The topological polar surface area (TPSA) is 95.7 Å². The number of alkyl halides is 3. The van der Waals surface area contributed by atoms with Gasteiger partial charge in [0.15, 0.2) is 5.65 Å².